The van der Waals surface area contributed by atoms with Gasteiger partial charge in [-0.1, -0.05) is 36.8 Å². The van der Waals surface area contributed by atoms with E-state index in [9.17, 15) is 4.79 Å². The normalized spacial score (nSPS) is 18.1. The predicted octanol–water partition coefficient (Wildman–Crippen LogP) is 4.53. The Labute approximate surface area is 210 Å². The van der Waals surface area contributed by atoms with Gasteiger partial charge in [0.25, 0.3) is 0 Å². The van der Waals surface area contributed by atoms with E-state index in [0.717, 1.165) is 71.6 Å². The van der Waals surface area contributed by atoms with Crippen LogP contribution in [0.1, 0.15) is 48.3 Å². The largest absolute Gasteiger partial charge is 0.496 e. The maximum Gasteiger partial charge on any atom is 0.230 e. The van der Waals surface area contributed by atoms with Gasteiger partial charge in [-0.25, -0.2) is 9.97 Å². The highest BCUT2D eigenvalue weighted by atomic mass is 16.5. The van der Waals surface area contributed by atoms with Gasteiger partial charge in [-0.3, -0.25) is 9.89 Å². The number of rotatable bonds is 7. The number of aryl methyl sites for hydroxylation is 1. The zero-order valence-corrected chi connectivity index (χ0v) is 20.6. The van der Waals surface area contributed by atoms with E-state index in [0.29, 0.717) is 6.54 Å². The van der Waals surface area contributed by atoms with E-state index < -0.39 is 5.41 Å². The van der Waals surface area contributed by atoms with Crippen LogP contribution in [-0.4, -0.2) is 46.3 Å². The van der Waals surface area contributed by atoms with Crippen LogP contribution in [0.4, 0.5) is 11.5 Å². The number of methoxy groups -OCH3 is 1. The molecule has 1 saturated carbocycles. The van der Waals surface area contributed by atoms with Gasteiger partial charge >= 0.3 is 0 Å². The molecule has 1 aliphatic heterocycles. The number of aromatic amines is 1. The molecule has 8 heteroatoms. The summed E-state index contributed by atoms with van der Waals surface area (Å²) in [4.78, 5) is 24.6. The third-order valence-electron chi connectivity index (χ3n) is 7.93. The second-order valence-electron chi connectivity index (χ2n) is 9.86. The molecule has 3 heterocycles. The Hall–Kier alpha value is -3.94. The summed E-state index contributed by atoms with van der Waals surface area (Å²) in [7, 11) is 1.68. The molecule has 184 valence electrons. The van der Waals surface area contributed by atoms with Gasteiger partial charge in [-0.2, -0.15) is 5.10 Å². The van der Waals surface area contributed by atoms with Gasteiger partial charge in [0.1, 0.15) is 17.9 Å². The molecule has 2 aromatic carbocycles. The fourth-order valence-electron chi connectivity index (χ4n) is 5.73. The molecule has 0 saturated heterocycles. The summed E-state index contributed by atoms with van der Waals surface area (Å²) in [5.74, 6) is 2.11. The van der Waals surface area contributed by atoms with Crippen molar-refractivity contribution < 1.29 is 9.53 Å². The van der Waals surface area contributed by atoms with Crippen LogP contribution in [-0.2, 0) is 10.2 Å². The van der Waals surface area contributed by atoms with Crippen molar-refractivity contribution in [3.8, 4) is 5.75 Å². The van der Waals surface area contributed by atoms with Crippen LogP contribution < -0.4 is 15.0 Å². The average molecular weight is 483 g/mol. The lowest BCUT2D eigenvalue weighted by atomic mass is 9.63. The molecular weight excluding hydrogens is 452 g/mol. The first-order valence-electron chi connectivity index (χ1n) is 12.5. The molecule has 1 fully saturated rings. The highest BCUT2D eigenvalue weighted by molar-refractivity contribution is 5.90. The lowest BCUT2D eigenvalue weighted by Gasteiger charge is -2.41. The van der Waals surface area contributed by atoms with Gasteiger partial charge in [-0.05, 0) is 55.0 Å². The number of carbonyl (C=O) groups excluding carboxylic acids is 1. The highest BCUT2D eigenvalue weighted by Crippen LogP contribution is 2.46. The number of hydrogen-bond acceptors (Lipinski definition) is 6. The molecule has 6 rings (SSSR count). The number of H-pyrrole nitrogens is 1. The van der Waals surface area contributed by atoms with E-state index in [4.69, 9.17) is 4.74 Å². The number of aromatic nitrogens is 4. The fraction of sp³-hybridized carbons (Fsp3) is 0.357. The minimum Gasteiger partial charge on any atom is -0.496 e. The number of carbonyl (C=O) groups is 1. The number of fused-ring (bicyclic) bond motifs is 2. The molecule has 1 aliphatic carbocycles. The number of para-hydroxylation sites is 1. The monoisotopic (exact) mass is 482 g/mol. The minimum absolute atomic E-state index is 0.124. The summed E-state index contributed by atoms with van der Waals surface area (Å²) in [6, 6.07) is 14.6. The zero-order valence-electron chi connectivity index (χ0n) is 20.6. The lowest BCUT2D eigenvalue weighted by molar-refractivity contribution is -0.129. The first-order valence-corrected chi connectivity index (χ1v) is 12.5. The van der Waals surface area contributed by atoms with Crippen LogP contribution in [0.3, 0.4) is 0 Å². The Balaban J connectivity index is 1.18. The summed E-state index contributed by atoms with van der Waals surface area (Å²) in [6.07, 6.45) is 7.02. The highest BCUT2D eigenvalue weighted by Gasteiger charge is 2.45. The smallest absolute Gasteiger partial charge is 0.230 e. The number of nitrogens with zero attached hydrogens (tertiary/aromatic N) is 4. The molecule has 0 spiro atoms. The maximum atomic E-state index is 13.5. The van der Waals surface area contributed by atoms with Gasteiger partial charge in [-0.15, -0.1) is 0 Å². The number of benzene rings is 2. The molecule has 2 aromatic heterocycles. The van der Waals surface area contributed by atoms with E-state index in [2.05, 4.69) is 66.8 Å². The predicted molar refractivity (Wildman–Crippen MR) is 139 cm³/mol. The summed E-state index contributed by atoms with van der Waals surface area (Å²) in [5.41, 5.74) is 4.84. The molecule has 36 heavy (non-hydrogen) atoms. The average Bonchev–Trinajstić information content (AvgIpc) is 3.49. The molecule has 0 radical (unpaired) electrons. The van der Waals surface area contributed by atoms with Gasteiger partial charge in [0.2, 0.25) is 5.91 Å². The van der Waals surface area contributed by atoms with E-state index in [-0.39, 0.29) is 11.8 Å². The maximum absolute atomic E-state index is 13.5. The quantitative estimate of drug-likeness (QED) is 0.402. The van der Waals surface area contributed by atoms with E-state index in [1.54, 1.807) is 19.6 Å². The van der Waals surface area contributed by atoms with Crippen LogP contribution >= 0.6 is 0 Å². The first-order chi connectivity index (χ1) is 17.6. The molecule has 0 bridgehead atoms. The molecule has 1 amide bonds. The molecule has 8 nitrogen and oxygen atoms in total. The standard InChI is InChI=1S/C28H30N6O2/c1-18-8-9-20(14-24(18)36-2)28(11-5-12-28)27(35)29-13-10-19-16-34(23-7-4-3-6-21(19)23)26-22-15-32-33-25(22)30-17-31-26/h3-4,6-9,14-15,17,19H,5,10-13,16H2,1-2H3,(H,29,35)(H,30,31,32,33). The van der Waals surface area contributed by atoms with Crippen molar-refractivity contribution >= 4 is 28.4 Å². The van der Waals surface area contributed by atoms with E-state index >= 15 is 0 Å². The van der Waals surface area contributed by atoms with Crippen molar-refractivity contribution in [1.82, 2.24) is 25.5 Å². The fourth-order valence-corrected chi connectivity index (χ4v) is 5.73. The third kappa shape index (κ3) is 3.59. The molecule has 2 N–H and O–H groups in total. The van der Waals surface area contributed by atoms with Crippen LogP contribution in [0.5, 0.6) is 5.75 Å². The number of anilines is 2. The SMILES string of the molecule is COc1cc(C2(C(=O)NCCC3CN(c4ncnc5[nH]ncc45)c4ccccc43)CCC2)ccc1C. The van der Waals surface area contributed by atoms with Gasteiger partial charge in [0, 0.05) is 24.7 Å². The van der Waals surface area contributed by atoms with Gasteiger partial charge < -0.3 is 15.0 Å². The topological polar surface area (TPSA) is 96.0 Å². The minimum atomic E-state index is -0.450. The number of nitrogens with one attached hydrogen (secondary N) is 2. The van der Waals surface area contributed by atoms with Crippen molar-refractivity contribution in [2.24, 2.45) is 0 Å². The molecule has 1 unspecified atom stereocenters. The van der Waals surface area contributed by atoms with Crippen LogP contribution in [0.25, 0.3) is 11.0 Å². The summed E-state index contributed by atoms with van der Waals surface area (Å²) in [5, 5.41) is 11.3. The zero-order chi connectivity index (χ0) is 24.7. The van der Waals surface area contributed by atoms with Crippen LogP contribution in [0, 0.1) is 6.92 Å². The number of ether oxygens (including phenoxy) is 1. The summed E-state index contributed by atoms with van der Waals surface area (Å²) in [6.45, 7) is 3.45. The lowest BCUT2D eigenvalue weighted by Crippen LogP contribution is -2.49. The molecule has 4 aromatic rings. The summed E-state index contributed by atoms with van der Waals surface area (Å²) >= 11 is 0. The Morgan fingerprint density at radius 3 is 2.89 bits per heavy atom. The summed E-state index contributed by atoms with van der Waals surface area (Å²) < 4.78 is 5.53. The Bertz CT molecular complexity index is 1430. The molecule has 1 atom stereocenters. The van der Waals surface area contributed by atoms with E-state index in [1.165, 1.54) is 5.56 Å². The van der Waals surface area contributed by atoms with Crippen molar-refractivity contribution in [2.75, 3.05) is 25.1 Å². The third-order valence-corrected chi connectivity index (χ3v) is 7.93. The van der Waals surface area contributed by atoms with Crippen LogP contribution in [0.2, 0.25) is 0 Å². The Morgan fingerprint density at radius 2 is 2.08 bits per heavy atom. The van der Waals surface area contributed by atoms with Crippen molar-refractivity contribution in [3.63, 3.8) is 0 Å². The van der Waals surface area contributed by atoms with Gasteiger partial charge in [0.15, 0.2) is 5.65 Å². The second kappa shape index (κ2) is 8.93. The second-order valence-corrected chi connectivity index (χ2v) is 9.86. The molecular formula is C28H30N6O2. The number of amides is 1. The number of hydrogen-bond donors (Lipinski definition) is 2. The first kappa shape index (κ1) is 22.5. The van der Waals surface area contributed by atoms with Crippen LogP contribution in [0.15, 0.2) is 55.0 Å². The Kier molecular flexibility index (Phi) is 5.59. The van der Waals surface area contributed by atoms with Crippen molar-refractivity contribution in [3.05, 3.63) is 71.7 Å². The van der Waals surface area contributed by atoms with Crippen molar-refractivity contribution in [2.45, 2.75) is 43.9 Å². The molecule has 2 aliphatic rings. The van der Waals surface area contributed by atoms with Gasteiger partial charge in [0.05, 0.1) is 24.1 Å². The van der Waals surface area contributed by atoms with E-state index in [1.807, 2.05) is 13.0 Å². The Morgan fingerprint density at radius 1 is 1.22 bits per heavy atom. The van der Waals surface area contributed by atoms with Crippen molar-refractivity contribution in [1.29, 1.82) is 0 Å².